The Morgan fingerprint density at radius 2 is 1.10 bits per heavy atom. The van der Waals surface area contributed by atoms with Crippen molar-refractivity contribution in [3.8, 4) is 0 Å². The van der Waals surface area contributed by atoms with Crippen molar-refractivity contribution in [2.45, 2.75) is 121 Å². The van der Waals surface area contributed by atoms with E-state index in [1.165, 1.54) is 5.56 Å². The molecule has 3 saturated heterocycles. The predicted molar refractivity (Wildman–Crippen MR) is 280 cm³/mol. The van der Waals surface area contributed by atoms with Gasteiger partial charge >= 0.3 is 24.1 Å². The maximum absolute atomic E-state index is 13.8. The number of primary amides is 2. The fourth-order valence-electron chi connectivity index (χ4n) is 12.3. The largest absolute Gasteiger partial charge is 0.412 e. The average molecular weight is 984 g/mol. The molecule has 5 aromatic carbocycles. The van der Waals surface area contributed by atoms with E-state index in [0.717, 1.165) is 82.6 Å². The van der Waals surface area contributed by atoms with Crippen molar-refractivity contribution in [3.05, 3.63) is 161 Å². The lowest BCUT2D eigenvalue weighted by molar-refractivity contribution is -0.153. The number of hydrogen-bond donors (Lipinski definition) is 4. The van der Waals surface area contributed by atoms with Crippen molar-refractivity contribution in [1.82, 2.24) is 29.7 Å². The van der Waals surface area contributed by atoms with Crippen LogP contribution in [0.3, 0.4) is 0 Å². The lowest BCUT2D eigenvalue weighted by atomic mass is 9.80. The molecule has 0 radical (unpaired) electrons. The van der Waals surface area contributed by atoms with Gasteiger partial charge in [0.2, 0.25) is 0 Å². The molecule has 3 aliphatic rings. The predicted octanol–water partition coefficient (Wildman–Crippen LogP) is 10.6. The number of hydrogen-bond acceptors (Lipinski definition) is 11. The Morgan fingerprint density at radius 1 is 0.616 bits per heavy atom. The number of nitrogens with zero attached hydrogens (tertiary/aromatic N) is 5. The van der Waals surface area contributed by atoms with Gasteiger partial charge < -0.3 is 35.8 Å². The molecule has 0 bridgehead atoms. The van der Waals surface area contributed by atoms with E-state index < -0.39 is 40.7 Å². The minimum absolute atomic E-state index is 0.0274. The van der Waals surface area contributed by atoms with Gasteiger partial charge in [0.15, 0.2) is 0 Å². The first-order valence-electron chi connectivity index (χ1n) is 25.4. The number of benzene rings is 5. The molecule has 0 saturated carbocycles. The summed E-state index contributed by atoms with van der Waals surface area (Å²) in [5, 5.41) is 0. The maximum atomic E-state index is 13.8. The first kappa shape index (κ1) is 49.2. The third kappa shape index (κ3) is 8.51. The molecule has 6 N–H and O–H groups in total. The fourth-order valence-corrected chi connectivity index (χ4v) is 12.3. The third-order valence-electron chi connectivity index (χ3n) is 16.5. The molecule has 5 heterocycles. The van der Waals surface area contributed by atoms with E-state index in [2.05, 4.69) is 120 Å². The van der Waals surface area contributed by atoms with Gasteiger partial charge in [-0.25, -0.2) is 29.1 Å². The summed E-state index contributed by atoms with van der Waals surface area (Å²) in [6.07, 6.45) is 1.69. The van der Waals surface area contributed by atoms with Gasteiger partial charge in [-0.2, -0.15) is 0 Å². The van der Waals surface area contributed by atoms with Crippen molar-refractivity contribution in [2.75, 3.05) is 18.0 Å². The summed E-state index contributed by atoms with van der Waals surface area (Å²) < 4.78 is 10.2. The molecule has 7 aromatic rings. The van der Waals surface area contributed by atoms with Crippen molar-refractivity contribution in [2.24, 2.45) is 17.4 Å². The smallest absolute Gasteiger partial charge is 0.375 e. The second-order valence-corrected chi connectivity index (χ2v) is 21.7. The Bertz CT molecular complexity index is 3220. The first-order chi connectivity index (χ1) is 34.8. The maximum Gasteiger partial charge on any atom is 0.412 e. The second kappa shape index (κ2) is 18.6. The van der Waals surface area contributed by atoms with Crippen LogP contribution in [0.15, 0.2) is 121 Å². The zero-order valence-corrected chi connectivity index (χ0v) is 42.6. The lowest BCUT2D eigenvalue weighted by Gasteiger charge is -2.43. The molecule has 3 fully saturated rings. The zero-order valence-electron chi connectivity index (χ0n) is 42.6. The summed E-state index contributed by atoms with van der Waals surface area (Å²) in [7, 11) is 0. The number of nitrogens with two attached hydrogens (primary N) is 2. The molecule has 73 heavy (non-hydrogen) atoms. The van der Waals surface area contributed by atoms with Gasteiger partial charge in [0, 0.05) is 18.8 Å². The van der Waals surface area contributed by atoms with Crippen LogP contribution in [-0.2, 0) is 41.1 Å². The number of fused-ring (bicyclic) bond motifs is 2. The van der Waals surface area contributed by atoms with Crippen LogP contribution in [0.1, 0.15) is 138 Å². The van der Waals surface area contributed by atoms with Crippen molar-refractivity contribution >= 4 is 51.9 Å². The molecule has 2 amide bonds. The average Bonchev–Trinajstić information content (AvgIpc) is 4.23. The van der Waals surface area contributed by atoms with E-state index in [0.29, 0.717) is 24.2 Å². The number of carbonyl (C=O) groups is 4. The minimum Gasteiger partial charge on any atom is -0.375 e. The molecule has 4 unspecified atom stereocenters. The number of H-pyrrole nitrogens is 2. The topological polar surface area (TPSA) is 206 Å². The SMILES string of the molecule is CC1CC(c2ccc3nc(C4CCCN4[C@](C)(C(=O)OC(N)=O)c4ccccc4)[nH]c3c2)N(c2ccc(C(C)(C)C)cc2)[C@@]1(C)c1ccc2nc(C3CCCN3[C@](C)(C(=O)OC(N)=O)c3ccccc3)[nH]c2c1. The number of likely N-dealkylation sites (tertiary alicyclic amines) is 2. The number of esters is 2. The standard InChI is InChI=1S/C58H65N9O6/c1-35-32-48(36-22-28-42-44(33-36)63-49(61-42)46-20-14-30-65(46)57(6,51(68)72-53(59)70)38-16-10-8-11-17-38)67(41-26-23-37(24-27-41)55(2,3)4)56(35,5)40-25-29-43-45(34-40)64-50(62-43)47-21-15-31-66(47)58(7,52(69)73-54(60)71)39-18-12-9-13-19-39/h8-13,16-19,22-29,33-35,46-48H,14-15,20-21,30-32H2,1-7H3,(H2,59,70)(H2,60,71)(H,61,63)(H,62,64)/t35?,46?,47?,48?,56-,57+,58+/m1/s1. The van der Waals surface area contributed by atoms with Crippen LogP contribution in [0.2, 0.25) is 0 Å². The molecule has 2 aromatic heterocycles. The van der Waals surface area contributed by atoms with Gasteiger partial charge in [-0.3, -0.25) is 9.80 Å². The molecule has 0 spiro atoms. The van der Waals surface area contributed by atoms with Crippen LogP contribution in [-0.4, -0.2) is 67.0 Å². The Labute approximate surface area is 425 Å². The number of aromatic amines is 2. The summed E-state index contributed by atoms with van der Waals surface area (Å²) in [6, 6.07) is 40.2. The van der Waals surface area contributed by atoms with Crippen molar-refractivity contribution < 1.29 is 28.7 Å². The normalized spacial score (nSPS) is 23.4. The number of aromatic nitrogens is 4. The number of nitrogens with one attached hydrogen (secondary N) is 2. The van der Waals surface area contributed by atoms with E-state index in [1.54, 1.807) is 13.8 Å². The highest BCUT2D eigenvalue weighted by molar-refractivity contribution is 5.91. The molecule has 15 nitrogen and oxygen atoms in total. The van der Waals surface area contributed by atoms with Crippen molar-refractivity contribution in [3.63, 3.8) is 0 Å². The molecule has 7 atom stereocenters. The summed E-state index contributed by atoms with van der Waals surface area (Å²) in [5.74, 6) is 0.195. The van der Waals surface area contributed by atoms with E-state index in [-0.39, 0.29) is 29.5 Å². The van der Waals surface area contributed by atoms with E-state index in [9.17, 15) is 19.2 Å². The number of carbonyl (C=O) groups excluding carboxylic acids is 4. The van der Waals surface area contributed by atoms with E-state index in [1.807, 2.05) is 60.7 Å². The monoisotopic (exact) mass is 984 g/mol. The number of amides is 2. The van der Waals surface area contributed by atoms with Crippen LogP contribution >= 0.6 is 0 Å². The van der Waals surface area contributed by atoms with Gasteiger partial charge in [-0.05, 0) is 128 Å². The molecule has 378 valence electrons. The van der Waals surface area contributed by atoms with Gasteiger partial charge in [0.25, 0.3) is 0 Å². The molecular formula is C58H65N9O6. The van der Waals surface area contributed by atoms with Crippen LogP contribution < -0.4 is 16.4 Å². The van der Waals surface area contributed by atoms with Gasteiger partial charge in [0.1, 0.15) is 22.7 Å². The molecule has 10 rings (SSSR count). The third-order valence-corrected chi connectivity index (χ3v) is 16.5. The summed E-state index contributed by atoms with van der Waals surface area (Å²) in [5.41, 5.74) is 17.1. The minimum atomic E-state index is -1.31. The zero-order chi connectivity index (χ0) is 51.6. The first-order valence-corrected chi connectivity index (χ1v) is 25.4. The van der Waals surface area contributed by atoms with Gasteiger partial charge in [0.05, 0.1) is 45.7 Å². The Balaban J connectivity index is 1.01. The van der Waals surface area contributed by atoms with E-state index >= 15 is 0 Å². The number of rotatable bonds is 11. The molecular weight excluding hydrogens is 919 g/mol. The Hall–Kier alpha value is -7.36. The number of ether oxygens (including phenoxy) is 2. The van der Waals surface area contributed by atoms with Crippen LogP contribution in [0.4, 0.5) is 15.3 Å². The fraction of sp³-hybridized carbons (Fsp3) is 0.379. The lowest BCUT2D eigenvalue weighted by Crippen LogP contribution is -2.51. The van der Waals surface area contributed by atoms with Gasteiger partial charge in [-0.15, -0.1) is 0 Å². The molecule has 0 aliphatic carbocycles. The quantitative estimate of drug-likeness (QED) is 0.0709. The highest BCUT2D eigenvalue weighted by Gasteiger charge is 2.52. The Kier molecular flexibility index (Phi) is 12.5. The van der Waals surface area contributed by atoms with Crippen LogP contribution in [0.25, 0.3) is 22.1 Å². The van der Waals surface area contributed by atoms with Crippen molar-refractivity contribution in [1.29, 1.82) is 0 Å². The van der Waals surface area contributed by atoms with E-state index in [4.69, 9.17) is 30.9 Å². The van der Waals surface area contributed by atoms with Crippen LogP contribution in [0, 0.1) is 5.92 Å². The number of anilines is 1. The highest BCUT2D eigenvalue weighted by atomic mass is 16.6. The van der Waals surface area contributed by atoms with Crippen LogP contribution in [0.5, 0.6) is 0 Å². The summed E-state index contributed by atoms with van der Waals surface area (Å²) in [4.78, 5) is 76.0. The Morgan fingerprint density at radius 3 is 1.58 bits per heavy atom. The molecule has 3 aliphatic heterocycles. The van der Waals surface area contributed by atoms with Gasteiger partial charge in [-0.1, -0.05) is 113 Å². The summed E-state index contributed by atoms with van der Waals surface area (Å²) >= 11 is 0. The highest BCUT2D eigenvalue weighted by Crippen LogP contribution is 2.55. The molecule has 15 heteroatoms. The second-order valence-electron chi connectivity index (χ2n) is 21.7. The number of imidazole rings is 2. The summed E-state index contributed by atoms with van der Waals surface area (Å²) in [6.45, 7) is 16.1.